The monoisotopic (exact) mass is 257 g/mol. The molecule has 1 aliphatic rings. The second kappa shape index (κ2) is 7.48. The van der Waals surface area contributed by atoms with Gasteiger partial charge in [0.2, 0.25) is 5.91 Å². The molecule has 0 aromatic heterocycles. The SMILES string of the molecule is CC(=O)C(NC(=O)COCC1CCOC1)C(C)C. The average Bonchev–Trinajstić information content (AvgIpc) is 2.78. The highest BCUT2D eigenvalue weighted by Gasteiger charge is 2.21. The molecule has 0 aliphatic carbocycles. The third kappa shape index (κ3) is 5.14. The van der Waals surface area contributed by atoms with Crippen molar-refractivity contribution in [3.05, 3.63) is 0 Å². The summed E-state index contributed by atoms with van der Waals surface area (Å²) in [7, 11) is 0. The van der Waals surface area contributed by atoms with Crippen molar-refractivity contribution in [2.24, 2.45) is 11.8 Å². The summed E-state index contributed by atoms with van der Waals surface area (Å²) in [6.45, 7) is 7.34. The number of carbonyl (C=O) groups is 2. The molecule has 0 spiro atoms. The van der Waals surface area contributed by atoms with Crippen LogP contribution in [0.1, 0.15) is 27.2 Å². The summed E-state index contributed by atoms with van der Waals surface area (Å²) in [5, 5.41) is 2.70. The molecule has 18 heavy (non-hydrogen) atoms. The van der Waals surface area contributed by atoms with E-state index in [9.17, 15) is 9.59 Å². The van der Waals surface area contributed by atoms with Gasteiger partial charge in [-0.05, 0) is 19.3 Å². The number of rotatable bonds is 7. The highest BCUT2D eigenvalue weighted by molar-refractivity contribution is 5.88. The Hall–Kier alpha value is -0.940. The fourth-order valence-electron chi connectivity index (χ4n) is 1.99. The Bertz CT molecular complexity index is 285. The Kier molecular flexibility index (Phi) is 6.29. The molecule has 1 rings (SSSR count). The van der Waals surface area contributed by atoms with Gasteiger partial charge < -0.3 is 14.8 Å². The summed E-state index contributed by atoms with van der Waals surface area (Å²) >= 11 is 0. The van der Waals surface area contributed by atoms with Gasteiger partial charge in [0.1, 0.15) is 6.61 Å². The second-order valence-electron chi connectivity index (χ2n) is 5.14. The standard InChI is InChI=1S/C13H23NO4/c1-9(2)13(10(3)15)14-12(16)8-18-7-11-4-5-17-6-11/h9,11,13H,4-8H2,1-3H3,(H,14,16). The van der Waals surface area contributed by atoms with Crippen LogP contribution >= 0.6 is 0 Å². The molecule has 1 aliphatic heterocycles. The van der Waals surface area contributed by atoms with Crippen molar-refractivity contribution < 1.29 is 19.1 Å². The molecule has 0 aromatic rings. The van der Waals surface area contributed by atoms with Crippen molar-refractivity contribution in [3.8, 4) is 0 Å². The van der Waals surface area contributed by atoms with Crippen LogP contribution in [-0.4, -0.2) is 44.2 Å². The number of Topliss-reactive ketones (excluding diaryl/α,β-unsaturated/α-hetero) is 1. The van der Waals surface area contributed by atoms with E-state index in [1.807, 2.05) is 13.8 Å². The molecule has 1 saturated heterocycles. The van der Waals surface area contributed by atoms with Gasteiger partial charge >= 0.3 is 0 Å². The van der Waals surface area contributed by atoms with Crippen LogP contribution < -0.4 is 5.32 Å². The highest BCUT2D eigenvalue weighted by atomic mass is 16.5. The summed E-state index contributed by atoms with van der Waals surface area (Å²) in [5.41, 5.74) is 0. The molecule has 1 N–H and O–H groups in total. The zero-order valence-corrected chi connectivity index (χ0v) is 11.4. The molecule has 1 fully saturated rings. The van der Waals surface area contributed by atoms with Crippen LogP contribution in [0.3, 0.4) is 0 Å². The predicted molar refractivity (Wildman–Crippen MR) is 67.2 cm³/mol. The van der Waals surface area contributed by atoms with Gasteiger partial charge in [-0.25, -0.2) is 0 Å². The minimum Gasteiger partial charge on any atom is -0.381 e. The number of ketones is 1. The van der Waals surface area contributed by atoms with Crippen molar-refractivity contribution in [1.82, 2.24) is 5.32 Å². The molecule has 0 bridgehead atoms. The van der Waals surface area contributed by atoms with Gasteiger partial charge in [0.15, 0.2) is 5.78 Å². The van der Waals surface area contributed by atoms with Gasteiger partial charge in [-0.15, -0.1) is 0 Å². The fraction of sp³-hybridized carbons (Fsp3) is 0.846. The smallest absolute Gasteiger partial charge is 0.246 e. The molecule has 1 heterocycles. The Morgan fingerprint density at radius 2 is 2.17 bits per heavy atom. The number of carbonyl (C=O) groups excluding carboxylic acids is 2. The van der Waals surface area contributed by atoms with Crippen LogP contribution in [0.2, 0.25) is 0 Å². The maximum absolute atomic E-state index is 11.6. The Balaban J connectivity index is 2.21. The van der Waals surface area contributed by atoms with Crippen LogP contribution in [0.5, 0.6) is 0 Å². The van der Waals surface area contributed by atoms with Crippen LogP contribution in [0.4, 0.5) is 0 Å². The minimum absolute atomic E-state index is 0.00694. The van der Waals surface area contributed by atoms with Crippen LogP contribution in [0, 0.1) is 11.8 Å². The van der Waals surface area contributed by atoms with E-state index in [0.717, 1.165) is 13.0 Å². The number of ether oxygens (including phenoxy) is 2. The Morgan fingerprint density at radius 1 is 1.44 bits per heavy atom. The Morgan fingerprint density at radius 3 is 2.67 bits per heavy atom. The van der Waals surface area contributed by atoms with Gasteiger partial charge in [0.05, 0.1) is 19.3 Å². The first-order valence-corrected chi connectivity index (χ1v) is 6.46. The van der Waals surface area contributed by atoms with Crippen molar-refractivity contribution in [2.75, 3.05) is 26.4 Å². The molecule has 5 heteroatoms. The third-order valence-electron chi connectivity index (χ3n) is 3.03. The maximum Gasteiger partial charge on any atom is 0.246 e. The van der Waals surface area contributed by atoms with E-state index in [-0.39, 0.29) is 24.2 Å². The zero-order chi connectivity index (χ0) is 13.5. The van der Waals surface area contributed by atoms with Gasteiger partial charge in [0.25, 0.3) is 0 Å². The van der Waals surface area contributed by atoms with Crippen LogP contribution in [0.25, 0.3) is 0 Å². The number of hydrogen-bond acceptors (Lipinski definition) is 4. The van der Waals surface area contributed by atoms with Crippen molar-refractivity contribution in [2.45, 2.75) is 33.2 Å². The van der Waals surface area contributed by atoms with E-state index in [1.165, 1.54) is 6.92 Å². The van der Waals surface area contributed by atoms with Crippen molar-refractivity contribution in [3.63, 3.8) is 0 Å². The zero-order valence-electron chi connectivity index (χ0n) is 11.4. The number of amides is 1. The van der Waals surface area contributed by atoms with E-state index in [0.29, 0.717) is 19.1 Å². The van der Waals surface area contributed by atoms with E-state index < -0.39 is 6.04 Å². The van der Waals surface area contributed by atoms with Crippen molar-refractivity contribution in [1.29, 1.82) is 0 Å². The normalized spacial score (nSPS) is 21.0. The minimum atomic E-state index is -0.420. The number of nitrogens with one attached hydrogen (secondary N) is 1. The molecular formula is C13H23NO4. The topological polar surface area (TPSA) is 64.6 Å². The number of hydrogen-bond donors (Lipinski definition) is 1. The largest absolute Gasteiger partial charge is 0.381 e. The maximum atomic E-state index is 11.6. The summed E-state index contributed by atoms with van der Waals surface area (Å²) in [4.78, 5) is 22.9. The van der Waals surface area contributed by atoms with E-state index in [4.69, 9.17) is 9.47 Å². The van der Waals surface area contributed by atoms with Crippen LogP contribution in [0.15, 0.2) is 0 Å². The van der Waals surface area contributed by atoms with E-state index in [1.54, 1.807) is 0 Å². The third-order valence-corrected chi connectivity index (χ3v) is 3.03. The molecule has 2 atom stereocenters. The lowest BCUT2D eigenvalue weighted by Crippen LogP contribution is -2.44. The lowest BCUT2D eigenvalue weighted by Gasteiger charge is -2.19. The Labute approximate surface area is 108 Å². The van der Waals surface area contributed by atoms with Gasteiger partial charge in [-0.2, -0.15) is 0 Å². The summed E-state index contributed by atoms with van der Waals surface area (Å²) in [5.74, 6) is 0.228. The van der Waals surface area contributed by atoms with Crippen molar-refractivity contribution >= 4 is 11.7 Å². The van der Waals surface area contributed by atoms with Gasteiger partial charge in [0, 0.05) is 12.5 Å². The molecule has 0 saturated carbocycles. The first kappa shape index (κ1) is 15.1. The van der Waals surface area contributed by atoms with Crippen LogP contribution in [-0.2, 0) is 19.1 Å². The first-order chi connectivity index (χ1) is 8.50. The molecule has 0 radical (unpaired) electrons. The molecule has 5 nitrogen and oxygen atoms in total. The molecule has 1 amide bonds. The highest BCUT2D eigenvalue weighted by Crippen LogP contribution is 2.12. The summed E-state index contributed by atoms with van der Waals surface area (Å²) < 4.78 is 10.6. The fourth-order valence-corrected chi connectivity index (χ4v) is 1.99. The molecular weight excluding hydrogens is 234 g/mol. The summed E-state index contributed by atoms with van der Waals surface area (Å²) in [6.07, 6.45) is 0.990. The van der Waals surface area contributed by atoms with Gasteiger partial charge in [-0.3, -0.25) is 9.59 Å². The first-order valence-electron chi connectivity index (χ1n) is 6.46. The van der Waals surface area contributed by atoms with E-state index in [2.05, 4.69) is 5.32 Å². The molecule has 0 aromatic carbocycles. The lowest BCUT2D eigenvalue weighted by molar-refractivity contribution is -0.131. The lowest BCUT2D eigenvalue weighted by atomic mass is 10.0. The molecule has 2 unspecified atom stereocenters. The predicted octanol–water partition coefficient (Wildman–Crippen LogP) is 0.769. The summed E-state index contributed by atoms with van der Waals surface area (Å²) in [6, 6.07) is -0.420. The second-order valence-corrected chi connectivity index (χ2v) is 5.14. The van der Waals surface area contributed by atoms with E-state index >= 15 is 0 Å². The molecule has 104 valence electrons. The van der Waals surface area contributed by atoms with Gasteiger partial charge in [-0.1, -0.05) is 13.8 Å². The average molecular weight is 257 g/mol. The quantitative estimate of drug-likeness (QED) is 0.731.